The van der Waals surface area contributed by atoms with E-state index >= 15 is 0 Å². The summed E-state index contributed by atoms with van der Waals surface area (Å²) in [6.07, 6.45) is 0.717. The van der Waals surface area contributed by atoms with E-state index in [0.717, 1.165) is 17.7 Å². The summed E-state index contributed by atoms with van der Waals surface area (Å²) in [5, 5.41) is 2.90. The lowest BCUT2D eigenvalue weighted by molar-refractivity contribution is 0.0932. The molecular formula is C19H21NO5. The third-order valence-corrected chi connectivity index (χ3v) is 4.13. The normalized spacial score (nSPS) is 15.1. The third-order valence-electron chi connectivity index (χ3n) is 4.13. The second-order valence-electron chi connectivity index (χ2n) is 5.68. The van der Waals surface area contributed by atoms with Gasteiger partial charge in [-0.2, -0.15) is 0 Å². The molecule has 0 bridgehead atoms. The molecule has 1 heterocycles. The first-order chi connectivity index (χ1) is 12.2. The molecule has 25 heavy (non-hydrogen) atoms. The van der Waals surface area contributed by atoms with Crippen molar-refractivity contribution in [1.82, 2.24) is 5.32 Å². The summed E-state index contributed by atoms with van der Waals surface area (Å²) in [5.74, 6) is 2.00. The van der Waals surface area contributed by atoms with E-state index in [2.05, 4.69) is 5.32 Å². The number of amides is 1. The Morgan fingerprint density at radius 3 is 2.40 bits per heavy atom. The Labute approximate surface area is 146 Å². The molecule has 1 aliphatic rings. The lowest BCUT2D eigenvalue weighted by Crippen LogP contribution is -2.34. The SMILES string of the molecule is COc1cc(C(=O)NC[C@H]2Cc3ccccc3O2)cc(OC)c1OC. The van der Waals surface area contributed by atoms with Crippen LogP contribution in [0, 0.1) is 0 Å². The van der Waals surface area contributed by atoms with Crippen LogP contribution in [0.4, 0.5) is 0 Å². The van der Waals surface area contributed by atoms with E-state index in [4.69, 9.17) is 18.9 Å². The largest absolute Gasteiger partial charge is 0.493 e. The van der Waals surface area contributed by atoms with Crippen molar-refractivity contribution >= 4 is 5.91 Å². The van der Waals surface area contributed by atoms with Gasteiger partial charge in [-0.1, -0.05) is 18.2 Å². The number of carbonyl (C=O) groups excluding carboxylic acids is 1. The fraction of sp³-hybridized carbons (Fsp3) is 0.316. The molecule has 3 rings (SSSR count). The molecule has 132 valence electrons. The van der Waals surface area contributed by atoms with Crippen molar-refractivity contribution in [1.29, 1.82) is 0 Å². The van der Waals surface area contributed by atoms with E-state index in [0.29, 0.717) is 29.4 Å². The van der Waals surface area contributed by atoms with Gasteiger partial charge in [-0.25, -0.2) is 0 Å². The van der Waals surface area contributed by atoms with Crippen molar-refractivity contribution in [3.8, 4) is 23.0 Å². The Hall–Kier alpha value is -2.89. The molecule has 6 heteroatoms. The topological polar surface area (TPSA) is 66.0 Å². The van der Waals surface area contributed by atoms with Crippen LogP contribution in [0.3, 0.4) is 0 Å². The monoisotopic (exact) mass is 343 g/mol. The first kappa shape index (κ1) is 17.0. The van der Waals surface area contributed by atoms with Gasteiger partial charge in [-0.3, -0.25) is 4.79 Å². The Morgan fingerprint density at radius 2 is 1.80 bits per heavy atom. The van der Waals surface area contributed by atoms with Crippen molar-refractivity contribution in [3.63, 3.8) is 0 Å². The van der Waals surface area contributed by atoms with Crippen molar-refractivity contribution in [3.05, 3.63) is 47.5 Å². The molecule has 2 aromatic rings. The zero-order chi connectivity index (χ0) is 17.8. The molecular weight excluding hydrogens is 322 g/mol. The van der Waals surface area contributed by atoms with E-state index in [9.17, 15) is 4.79 Å². The maximum atomic E-state index is 12.5. The van der Waals surface area contributed by atoms with Gasteiger partial charge in [0, 0.05) is 12.0 Å². The number of methoxy groups -OCH3 is 3. The molecule has 0 unspecified atom stereocenters. The molecule has 1 aliphatic heterocycles. The average Bonchev–Trinajstić information content (AvgIpc) is 3.07. The fourth-order valence-electron chi connectivity index (χ4n) is 2.89. The van der Waals surface area contributed by atoms with Crippen LogP contribution in [0.15, 0.2) is 36.4 Å². The van der Waals surface area contributed by atoms with Crippen LogP contribution < -0.4 is 24.3 Å². The predicted molar refractivity (Wildman–Crippen MR) is 93.0 cm³/mol. The Kier molecular flexibility index (Phi) is 4.97. The second kappa shape index (κ2) is 7.34. The summed E-state index contributed by atoms with van der Waals surface area (Å²) in [4.78, 5) is 12.5. The van der Waals surface area contributed by atoms with Crippen molar-refractivity contribution in [2.75, 3.05) is 27.9 Å². The van der Waals surface area contributed by atoms with Gasteiger partial charge >= 0.3 is 0 Å². The van der Waals surface area contributed by atoms with Crippen LogP contribution in [0.1, 0.15) is 15.9 Å². The zero-order valence-electron chi connectivity index (χ0n) is 14.5. The molecule has 1 amide bonds. The molecule has 0 saturated carbocycles. The molecule has 6 nitrogen and oxygen atoms in total. The Morgan fingerprint density at radius 1 is 1.12 bits per heavy atom. The predicted octanol–water partition coefficient (Wildman–Crippen LogP) is 2.45. The molecule has 1 N–H and O–H groups in total. The highest BCUT2D eigenvalue weighted by Crippen LogP contribution is 2.38. The quantitative estimate of drug-likeness (QED) is 0.873. The van der Waals surface area contributed by atoms with Crippen LogP contribution in [-0.2, 0) is 6.42 Å². The molecule has 1 atom stereocenters. The van der Waals surface area contributed by atoms with E-state index in [1.807, 2.05) is 24.3 Å². The minimum Gasteiger partial charge on any atom is -0.493 e. The van der Waals surface area contributed by atoms with Gasteiger partial charge in [0.25, 0.3) is 5.91 Å². The van der Waals surface area contributed by atoms with Crippen molar-refractivity contribution in [2.24, 2.45) is 0 Å². The first-order valence-corrected chi connectivity index (χ1v) is 7.99. The number of ether oxygens (including phenoxy) is 4. The molecule has 0 radical (unpaired) electrons. The smallest absolute Gasteiger partial charge is 0.251 e. The standard InChI is InChI=1S/C19H21NO5/c1-22-16-9-13(10-17(23-2)18(16)24-3)19(21)20-11-14-8-12-6-4-5-7-15(12)25-14/h4-7,9-10,14H,8,11H2,1-3H3,(H,20,21)/t14-/m1/s1. The molecule has 0 aromatic heterocycles. The second-order valence-corrected chi connectivity index (χ2v) is 5.68. The number of benzene rings is 2. The summed E-state index contributed by atoms with van der Waals surface area (Å²) < 4.78 is 21.7. The Balaban J connectivity index is 1.68. The lowest BCUT2D eigenvalue weighted by Gasteiger charge is -2.15. The molecule has 0 spiro atoms. The number of nitrogens with one attached hydrogen (secondary N) is 1. The lowest BCUT2D eigenvalue weighted by atomic mass is 10.1. The first-order valence-electron chi connectivity index (χ1n) is 7.99. The number of rotatable bonds is 6. The molecule has 0 aliphatic carbocycles. The fourth-order valence-corrected chi connectivity index (χ4v) is 2.89. The number of hydrogen-bond donors (Lipinski definition) is 1. The van der Waals surface area contributed by atoms with E-state index in [-0.39, 0.29) is 12.0 Å². The van der Waals surface area contributed by atoms with Crippen LogP contribution in [0.25, 0.3) is 0 Å². The summed E-state index contributed by atoms with van der Waals surface area (Å²) in [6.45, 7) is 0.421. The summed E-state index contributed by atoms with van der Waals surface area (Å²) in [5.41, 5.74) is 1.60. The van der Waals surface area contributed by atoms with Crippen LogP contribution >= 0.6 is 0 Å². The number of fused-ring (bicyclic) bond motifs is 1. The van der Waals surface area contributed by atoms with Crippen LogP contribution in [0.5, 0.6) is 23.0 Å². The van der Waals surface area contributed by atoms with Gasteiger partial charge in [0.2, 0.25) is 5.75 Å². The van der Waals surface area contributed by atoms with E-state index in [1.54, 1.807) is 12.1 Å². The summed E-state index contributed by atoms with van der Waals surface area (Å²) in [6, 6.07) is 11.2. The number of hydrogen-bond acceptors (Lipinski definition) is 5. The maximum Gasteiger partial charge on any atom is 0.251 e. The summed E-state index contributed by atoms with van der Waals surface area (Å²) in [7, 11) is 4.56. The minimum absolute atomic E-state index is 0.0663. The molecule has 2 aromatic carbocycles. The van der Waals surface area contributed by atoms with Gasteiger partial charge in [-0.15, -0.1) is 0 Å². The van der Waals surface area contributed by atoms with Gasteiger partial charge in [0.1, 0.15) is 11.9 Å². The van der Waals surface area contributed by atoms with Crippen molar-refractivity contribution in [2.45, 2.75) is 12.5 Å². The number of para-hydroxylation sites is 1. The average molecular weight is 343 g/mol. The molecule has 0 saturated heterocycles. The van der Waals surface area contributed by atoms with Gasteiger partial charge in [0.05, 0.1) is 27.9 Å². The van der Waals surface area contributed by atoms with Gasteiger partial charge in [0.15, 0.2) is 11.5 Å². The van der Waals surface area contributed by atoms with Crippen molar-refractivity contribution < 1.29 is 23.7 Å². The van der Waals surface area contributed by atoms with E-state index < -0.39 is 0 Å². The van der Waals surface area contributed by atoms with Gasteiger partial charge in [-0.05, 0) is 23.8 Å². The van der Waals surface area contributed by atoms with Gasteiger partial charge < -0.3 is 24.3 Å². The molecule has 0 fully saturated rings. The summed E-state index contributed by atoms with van der Waals surface area (Å²) >= 11 is 0. The highest BCUT2D eigenvalue weighted by Gasteiger charge is 2.23. The highest BCUT2D eigenvalue weighted by atomic mass is 16.5. The van der Waals surface area contributed by atoms with Crippen LogP contribution in [-0.4, -0.2) is 39.9 Å². The minimum atomic E-state index is -0.223. The van der Waals surface area contributed by atoms with Crippen LogP contribution in [0.2, 0.25) is 0 Å². The highest BCUT2D eigenvalue weighted by molar-refractivity contribution is 5.95. The number of carbonyl (C=O) groups is 1. The third kappa shape index (κ3) is 3.47. The van der Waals surface area contributed by atoms with E-state index in [1.165, 1.54) is 21.3 Å². The zero-order valence-corrected chi connectivity index (χ0v) is 14.5. The maximum absolute atomic E-state index is 12.5. The Bertz CT molecular complexity index is 724.